The monoisotopic (exact) mass is 416 g/mol. The third kappa shape index (κ3) is 3.53. The number of hydrogen-bond donors (Lipinski definition) is 0. The van der Waals surface area contributed by atoms with Gasteiger partial charge in [-0.15, -0.1) is 0 Å². The lowest BCUT2D eigenvalue weighted by Crippen LogP contribution is -2.33. The first-order valence-corrected chi connectivity index (χ1v) is 10.7. The lowest BCUT2D eigenvalue weighted by molar-refractivity contribution is -0.117. The van der Waals surface area contributed by atoms with E-state index in [0.29, 0.717) is 47.7 Å². The Labute approximate surface area is 168 Å². The average molecular weight is 416 g/mol. The molecule has 0 saturated carbocycles. The summed E-state index contributed by atoms with van der Waals surface area (Å²) in [6.45, 7) is 1.37. The molecule has 2 aromatic carbocycles. The van der Waals surface area contributed by atoms with Crippen LogP contribution in [0, 0.1) is 0 Å². The van der Waals surface area contributed by atoms with Gasteiger partial charge in [-0.25, -0.2) is 12.7 Å². The normalized spacial score (nSPS) is 16.0. The molecule has 1 saturated heterocycles. The summed E-state index contributed by atoms with van der Waals surface area (Å²) in [6.07, 6.45) is 1.31. The summed E-state index contributed by atoms with van der Waals surface area (Å²) in [5, 5.41) is 0. The Morgan fingerprint density at radius 2 is 1.72 bits per heavy atom. The topological polar surface area (TPSA) is 93.2 Å². The summed E-state index contributed by atoms with van der Waals surface area (Å²) in [5.74, 6) is 0.176. The van der Waals surface area contributed by atoms with Crippen molar-refractivity contribution in [3.05, 3.63) is 48.0 Å². The summed E-state index contributed by atoms with van der Waals surface area (Å²) in [4.78, 5) is 26.2. The van der Waals surface area contributed by atoms with Crippen molar-refractivity contribution in [2.75, 3.05) is 31.7 Å². The van der Waals surface area contributed by atoms with Crippen LogP contribution in [0.1, 0.15) is 23.2 Å². The SMILES string of the molecule is CN(C(=O)c1ccc(N2CCCC2=O)cc1)S(=O)(=O)c1ccc2c(c1)OCCO2. The Morgan fingerprint density at radius 3 is 2.38 bits per heavy atom. The van der Waals surface area contributed by atoms with Crippen LogP contribution in [0.3, 0.4) is 0 Å². The highest BCUT2D eigenvalue weighted by Gasteiger charge is 2.29. The van der Waals surface area contributed by atoms with Crippen LogP contribution in [0.2, 0.25) is 0 Å². The van der Waals surface area contributed by atoms with Gasteiger partial charge in [0.05, 0.1) is 4.90 Å². The first kappa shape index (κ1) is 19.3. The molecule has 0 spiro atoms. The molecular weight excluding hydrogens is 396 g/mol. The molecule has 8 nitrogen and oxygen atoms in total. The maximum atomic E-state index is 12.9. The molecule has 152 valence electrons. The second kappa shape index (κ2) is 7.40. The van der Waals surface area contributed by atoms with E-state index < -0.39 is 15.9 Å². The summed E-state index contributed by atoms with van der Waals surface area (Å²) in [7, 11) is -2.86. The molecule has 0 atom stereocenters. The highest BCUT2D eigenvalue weighted by atomic mass is 32.2. The zero-order valence-corrected chi connectivity index (χ0v) is 16.6. The molecule has 2 aliphatic rings. The van der Waals surface area contributed by atoms with Crippen LogP contribution in [0.4, 0.5) is 5.69 Å². The Kier molecular flexibility index (Phi) is 4.91. The van der Waals surface area contributed by atoms with Crippen molar-refractivity contribution in [2.24, 2.45) is 0 Å². The van der Waals surface area contributed by atoms with Gasteiger partial charge in [0.15, 0.2) is 11.5 Å². The molecule has 2 amide bonds. The number of nitrogens with zero attached hydrogens (tertiary/aromatic N) is 2. The molecule has 0 unspecified atom stereocenters. The maximum absolute atomic E-state index is 12.9. The maximum Gasteiger partial charge on any atom is 0.267 e. The van der Waals surface area contributed by atoms with Crippen molar-refractivity contribution in [3.8, 4) is 11.5 Å². The second-order valence-corrected chi connectivity index (χ2v) is 8.75. The Bertz CT molecular complexity index is 1060. The van der Waals surface area contributed by atoms with E-state index in [1.165, 1.54) is 37.4 Å². The molecule has 2 aromatic rings. The van der Waals surface area contributed by atoms with Crippen molar-refractivity contribution in [3.63, 3.8) is 0 Å². The van der Waals surface area contributed by atoms with E-state index in [4.69, 9.17) is 9.47 Å². The molecule has 1 fully saturated rings. The van der Waals surface area contributed by atoms with Crippen LogP contribution >= 0.6 is 0 Å². The van der Waals surface area contributed by atoms with Crippen LogP contribution in [0.5, 0.6) is 11.5 Å². The fourth-order valence-electron chi connectivity index (χ4n) is 3.34. The summed E-state index contributed by atoms with van der Waals surface area (Å²) in [5.41, 5.74) is 0.908. The molecule has 2 aliphatic heterocycles. The third-order valence-electron chi connectivity index (χ3n) is 4.96. The van der Waals surface area contributed by atoms with E-state index in [2.05, 4.69) is 0 Å². The molecule has 0 radical (unpaired) electrons. The van der Waals surface area contributed by atoms with Gasteiger partial charge in [0, 0.05) is 37.3 Å². The minimum atomic E-state index is -4.07. The molecule has 0 bridgehead atoms. The number of amides is 2. The Balaban J connectivity index is 1.56. The molecule has 9 heteroatoms. The van der Waals surface area contributed by atoms with E-state index in [9.17, 15) is 18.0 Å². The smallest absolute Gasteiger partial charge is 0.267 e. The van der Waals surface area contributed by atoms with Crippen molar-refractivity contribution in [2.45, 2.75) is 17.7 Å². The van der Waals surface area contributed by atoms with Crippen molar-refractivity contribution in [1.82, 2.24) is 4.31 Å². The minimum Gasteiger partial charge on any atom is -0.486 e. The molecular formula is C20H20N2O6S. The highest BCUT2D eigenvalue weighted by Crippen LogP contribution is 2.33. The van der Waals surface area contributed by atoms with Gasteiger partial charge in [0.2, 0.25) is 5.91 Å². The van der Waals surface area contributed by atoms with Crippen molar-refractivity contribution >= 4 is 27.5 Å². The number of carbonyl (C=O) groups excluding carboxylic acids is 2. The summed E-state index contributed by atoms with van der Waals surface area (Å²) < 4.78 is 37.3. The lowest BCUT2D eigenvalue weighted by atomic mass is 10.2. The number of carbonyl (C=O) groups is 2. The number of ether oxygens (including phenoxy) is 2. The molecule has 2 heterocycles. The van der Waals surface area contributed by atoms with E-state index >= 15 is 0 Å². The van der Waals surface area contributed by atoms with Crippen LogP contribution in [0.15, 0.2) is 47.4 Å². The Hall–Kier alpha value is -3.07. The van der Waals surface area contributed by atoms with Gasteiger partial charge in [-0.05, 0) is 42.8 Å². The number of hydrogen-bond acceptors (Lipinski definition) is 6. The fraction of sp³-hybridized carbons (Fsp3) is 0.300. The zero-order chi connectivity index (χ0) is 20.6. The number of anilines is 1. The Morgan fingerprint density at radius 1 is 1.03 bits per heavy atom. The van der Waals surface area contributed by atoms with Crippen LogP contribution in [-0.2, 0) is 14.8 Å². The summed E-state index contributed by atoms with van der Waals surface area (Å²) >= 11 is 0. The van der Waals surface area contributed by atoms with Gasteiger partial charge in [-0.2, -0.15) is 0 Å². The van der Waals surface area contributed by atoms with E-state index in [1.54, 1.807) is 17.0 Å². The van der Waals surface area contributed by atoms with Gasteiger partial charge in [0.1, 0.15) is 13.2 Å². The molecule has 4 rings (SSSR count). The van der Waals surface area contributed by atoms with Crippen molar-refractivity contribution < 1.29 is 27.5 Å². The highest BCUT2D eigenvalue weighted by molar-refractivity contribution is 7.89. The zero-order valence-electron chi connectivity index (χ0n) is 15.8. The summed E-state index contributed by atoms with van der Waals surface area (Å²) in [6, 6.07) is 10.6. The van der Waals surface area contributed by atoms with E-state index in [0.717, 1.165) is 6.42 Å². The largest absolute Gasteiger partial charge is 0.486 e. The second-order valence-electron chi connectivity index (χ2n) is 6.78. The molecule has 0 N–H and O–H groups in total. The van der Waals surface area contributed by atoms with Gasteiger partial charge in [-0.1, -0.05) is 0 Å². The predicted octanol–water partition coefficient (Wildman–Crippen LogP) is 2.05. The van der Waals surface area contributed by atoms with Gasteiger partial charge >= 0.3 is 0 Å². The number of rotatable bonds is 4. The lowest BCUT2D eigenvalue weighted by Gasteiger charge is -2.21. The minimum absolute atomic E-state index is 0.0439. The van der Waals surface area contributed by atoms with Crippen molar-refractivity contribution in [1.29, 1.82) is 0 Å². The first-order valence-electron chi connectivity index (χ1n) is 9.21. The van der Waals surface area contributed by atoms with E-state index in [-0.39, 0.29) is 16.4 Å². The van der Waals surface area contributed by atoms with Gasteiger partial charge in [0.25, 0.3) is 15.9 Å². The molecule has 0 aliphatic carbocycles. The van der Waals surface area contributed by atoms with Crippen LogP contribution in [-0.4, -0.2) is 51.3 Å². The quantitative estimate of drug-likeness (QED) is 0.757. The molecule has 29 heavy (non-hydrogen) atoms. The average Bonchev–Trinajstić information content (AvgIpc) is 3.18. The first-order chi connectivity index (χ1) is 13.9. The number of benzene rings is 2. The fourth-order valence-corrected chi connectivity index (χ4v) is 4.47. The van der Waals surface area contributed by atoms with Gasteiger partial charge < -0.3 is 14.4 Å². The van der Waals surface area contributed by atoms with E-state index in [1.807, 2.05) is 0 Å². The van der Waals surface area contributed by atoms with Gasteiger partial charge in [-0.3, -0.25) is 9.59 Å². The van der Waals surface area contributed by atoms with Crippen LogP contribution in [0.25, 0.3) is 0 Å². The third-order valence-corrected chi connectivity index (χ3v) is 6.69. The van der Waals surface area contributed by atoms with Crippen LogP contribution < -0.4 is 14.4 Å². The number of fused-ring (bicyclic) bond motifs is 1. The standard InChI is InChI=1S/C20H20N2O6S/c1-21(29(25,26)16-8-9-17-18(13-16)28-12-11-27-17)20(24)14-4-6-15(7-5-14)22-10-2-3-19(22)23/h4-9,13H,2-3,10-12H2,1H3. The predicted molar refractivity (Wildman–Crippen MR) is 105 cm³/mol. The number of sulfonamides is 1. The molecule has 0 aromatic heterocycles.